The minimum atomic E-state index is -0.362. The lowest BCUT2D eigenvalue weighted by Gasteiger charge is -2.31. The Morgan fingerprint density at radius 3 is 1.74 bits per heavy atom. The Labute approximate surface area is 233 Å². The number of unbranched alkanes of at least 4 members (excludes halogenated alkanes) is 12. The Balaban J connectivity index is 1.40. The molecule has 214 valence electrons. The third-order valence-corrected chi connectivity index (χ3v) is 9.31. The van der Waals surface area contributed by atoms with E-state index in [2.05, 4.69) is 26.0 Å². The van der Waals surface area contributed by atoms with Gasteiger partial charge in [-0.25, -0.2) is 8.78 Å². The van der Waals surface area contributed by atoms with Crippen molar-refractivity contribution in [1.29, 1.82) is 0 Å². The standard InChI is InChI=1S/C36H56F2/c1-3-5-7-9-11-12-13-15-17-29-19-21-30(22-20-29)31-23-25-32(26-24-31)33-27-35(37)34(36(38)28-33)18-16-14-10-8-6-4-2/h23,25,27-30H,3-22,24,26H2,1-2H3. The lowest BCUT2D eigenvalue weighted by atomic mass is 9.74. The van der Waals surface area contributed by atoms with E-state index in [9.17, 15) is 8.78 Å². The van der Waals surface area contributed by atoms with E-state index in [4.69, 9.17) is 0 Å². The predicted octanol–water partition coefficient (Wildman–Crippen LogP) is 12.3. The molecule has 0 atom stereocenters. The first-order chi connectivity index (χ1) is 18.6. The van der Waals surface area contributed by atoms with Crippen molar-refractivity contribution in [2.24, 2.45) is 11.8 Å². The fourth-order valence-corrected chi connectivity index (χ4v) is 6.73. The molecule has 0 aliphatic heterocycles. The van der Waals surface area contributed by atoms with Gasteiger partial charge in [0.05, 0.1) is 0 Å². The van der Waals surface area contributed by atoms with Crippen LogP contribution in [0.3, 0.4) is 0 Å². The average molecular weight is 527 g/mol. The maximum absolute atomic E-state index is 14.8. The first kappa shape index (κ1) is 31.1. The summed E-state index contributed by atoms with van der Waals surface area (Å²) in [6, 6.07) is 3.16. The molecule has 3 rings (SSSR count). The number of hydrogen-bond acceptors (Lipinski definition) is 0. The summed E-state index contributed by atoms with van der Waals surface area (Å²) in [6.07, 6.45) is 31.8. The molecule has 1 aromatic carbocycles. The van der Waals surface area contributed by atoms with Crippen LogP contribution in [0.1, 0.15) is 160 Å². The Morgan fingerprint density at radius 2 is 1.18 bits per heavy atom. The highest BCUT2D eigenvalue weighted by molar-refractivity contribution is 5.69. The zero-order valence-electron chi connectivity index (χ0n) is 24.8. The summed E-state index contributed by atoms with van der Waals surface area (Å²) in [4.78, 5) is 0. The van der Waals surface area contributed by atoms with Gasteiger partial charge in [-0.05, 0) is 86.5 Å². The number of allylic oxidation sites excluding steroid dienone is 4. The second-order valence-electron chi connectivity index (χ2n) is 12.4. The summed E-state index contributed by atoms with van der Waals surface area (Å²) < 4.78 is 29.6. The van der Waals surface area contributed by atoms with E-state index in [-0.39, 0.29) is 17.2 Å². The van der Waals surface area contributed by atoms with Crippen LogP contribution in [-0.4, -0.2) is 0 Å². The molecule has 2 aliphatic rings. The molecule has 2 heteroatoms. The van der Waals surface area contributed by atoms with Crippen molar-refractivity contribution in [2.45, 2.75) is 155 Å². The van der Waals surface area contributed by atoms with Crippen LogP contribution in [0.4, 0.5) is 8.78 Å². The second-order valence-corrected chi connectivity index (χ2v) is 12.4. The molecule has 1 saturated carbocycles. The van der Waals surface area contributed by atoms with Gasteiger partial charge < -0.3 is 0 Å². The summed E-state index contributed by atoms with van der Waals surface area (Å²) >= 11 is 0. The molecule has 0 bridgehead atoms. The maximum atomic E-state index is 14.8. The van der Waals surface area contributed by atoms with Crippen LogP contribution in [0, 0.1) is 23.5 Å². The molecule has 0 amide bonds. The van der Waals surface area contributed by atoms with E-state index in [0.717, 1.165) is 55.1 Å². The van der Waals surface area contributed by atoms with Crippen LogP contribution in [0.25, 0.3) is 5.57 Å². The summed E-state index contributed by atoms with van der Waals surface area (Å²) in [7, 11) is 0. The van der Waals surface area contributed by atoms with E-state index in [1.807, 2.05) is 0 Å². The van der Waals surface area contributed by atoms with Gasteiger partial charge in [0.2, 0.25) is 0 Å². The second kappa shape index (κ2) is 18.0. The molecule has 0 spiro atoms. The van der Waals surface area contributed by atoms with Crippen LogP contribution in [0.5, 0.6) is 0 Å². The molecule has 0 heterocycles. The first-order valence-electron chi connectivity index (χ1n) is 16.5. The Kier molecular flexibility index (Phi) is 14.7. The molecule has 0 N–H and O–H groups in total. The zero-order valence-corrected chi connectivity index (χ0v) is 24.8. The van der Waals surface area contributed by atoms with Crippen LogP contribution in [0.15, 0.2) is 29.9 Å². The number of benzene rings is 1. The van der Waals surface area contributed by atoms with E-state index in [0.29, 0.717) is 6.42 Å². The highest BCUT2D eigenvalue weighted by Crippen LogP contribution is 2.40. The lowest BCUT2D eigenvalue weighted by molar-refractivity contribution is 0.278. The molecular weight excluding hydrogens is 470 g/mol. The molecule has 1 aromatic rings. The molecule has 0 saturated heterocycles. The van der Waals surface area contributed by atoms with Crippen molar-refractivity contribution >= 4 is 5.57 Å². The van der Waals surface area contributed by atoms with Crippen molar-refractivity contribution in [2.75, 3.05) is 0 Å². The van der Waals surface area contributed by atoms with Crippen molar-refractivity contribution in [3.8, 4) is 0 Å². The van der Waals surface area contributed by atoms with Gasteiger partial charge in [-0.15, -0.1) is 0 Å². The smallest absolute Gasteiger partial charge is 0.129 e. The topological polar surface area (TPSA) is 0 Å². The molecule has 0 nitrogen and oxygen atoms in total. The number of hydrogen-bond donors (Lipinski definition) is 0. The molecule has 38 heavy (non-hydrogen) atoms. The van der Waals surface area contributed by atoms with Gasteiger partial charge >= 0.3 is 0 Å². The lowest BCUT2D eigenvalue weighted by Crippen LogP contribution is -2.17. The SMILES string of the molecule is CCCCCCCCCCC1CCC(C2=CC=C(c3cc(F)c(CCCCCCCC)c(F)c3)CC2)CC1. The Bertz CT molecular complexity index is 833. The number of halogens is 2. The fourth-order valence-electron chi connectivity index (χ4n) is 6.73. The molecule has 2 aliphatic carbocycles. The molecule has 0 radical (unpaired) electrons. The van der Waals surface area contributed by atoms with Gasteiger partial charge in [0, 0.05) is 5.56 Å². The molecular formula is C36H56F2. The summed E-state index contributed by atoms with van der Waals surface area (Å²) in [5.41, 5.74) is 3.66. The maximum Gasteiger partial charge on any atom is 0.129 e. The van der Waals surface area contributed by atoms with E-state index in [1.165, 1.54) is 103 Å². The van der Waals surface area contributed by atoms with Crippen molar-refractivity contribution < 1.29 is 8.78 Å². The molecule has 1 fully saturated rings. The van der Waals surface area contributed by atoms with Gasteiger partial charge in [-0.2, -0.15) is 0 Å². The molecule has 0 unspecified atom stereocenters. The predicted molar refractivity (Wildman–Crippen MR) is 161 cm³/mol. The number of rotatable bonds is 18. The first-order valence-corrected chi connectivity index (χ1v) is 16.5. The third kappa shape index (κ3) is 10.6. The van der Waals surface area contributed by atoms with Crippen LogP contribution in [0.2, 0.25) is 0 Å². The highest BCUT2D eigenvalue weighted by Gasteiger charge is 2.25. The quantitative estimate of drug-likeness (QED) is 0.167. The van der Waals surface area contributed by atoms with Gasteiger partial charge in [0.15, 0.2) is 0 Å². The minimum Gasteiger partial charge on any atom is -0.207 e. The van der Waals surface area contributed by atoms with E-state index in [1.54, 1.807) is 17.7 Å². The normalized spacial score (nSPS) is 19.9. The summed E-state index contributed by atoms with van der Waals surface area (Å²) in [5.74, 6) is 0.927. The highest BCUT2D eigenvalue weighted by atomic mass is 19.1. The van der Waals surface area contributed by atoms with Crippen molar-refractivity contribution in [3.05, 3.63) is 52.6 Å². The van der Waals surface area contributed by atoms with Crippen molar-refractivity contribution in [3.63, 3.8) is 0 Å². The van der Waals surface area contributed by atoms with Crippen LogP contribution in [-0.2, 0) is 6.42 Å². The van der Waals surface area contributed by atoms with E-state index < -0.39 is 0 Å². The van der Waals surface area contributed by atoms with Crippen LogP contribution < -0.4 is 0 Å². The fraction of sp³-hybridized carbons (Fsp3) is 0.722. The Morgan fingerprint density at radius 1 is 0.632 bits per heavy atom. The largest absolute Gasteiger partial charge is 0.207 e. The van der Waals surface area contributed by atoms with E-state index >= 15 is 0 Å². The van der Waals surface area contributed by atoms with Crippen molar-refractivity contribution in [1.82, 2.24) is 0 Å². The molecule has 0 aromatic heterocycles. The van der Waals surface area contributed by atoms with Gasteiger partial charge in [0.1, 0.15) is 11.6 Å². The summed E-state index contributed by atoms with van der Waals surface area (Å²) in [6.45, 7) is 4.49. The Hall–Kier alpha value is -1.44. The third-order valence-electron chi connectivity index (χ3n) is 9.31. The van der Waals surface area contributed by atoms with Gasteiger partial charge in [-0.3, -0.25) is 0 Å². The van der Waals surface area contributed by atoms with Gasteiger partial charge in [0.25, 0.3) is 0 Å². The summed E-state index contributed by atoms with van der Waals surface area (Å²) in [5, 5.41) is 0. The monoisotopic (exact) mass is 526 g/mol. The average Bonchev–Trinajstić information content (AvgIpc) is 2.93. The van der Waals surface area contributed by atoms with Crippen LogP contribution >= 0.6 is 0 Å². The minimum absolute atomic E-state index is 0.278. The van der Waals surface area contributed by atoms with Gasteiger partial charge in [-0.1, -0.05) is 121 Å². The zero-order chi connectivity index (χ0) is 27.0.